The summed E-state index contributed by atoms with van der Waals surface area (Å²) < 4.78 is 5.31. The van der Waals surface area contributed by atoms with Crippen molar-refractivity contribution in [1.29, 1.82) is 0 Å². The molecule has 0 aromatic heterocycles. The summed E-state index contributed by atoms with van der Waals surface area (Å²) in [6.45, 7) is 5.32. The van der Waals surface area contributed by atoms with Crippen LogP contribution in [-0.2, 0) is 4.79 Å². The third-order valence-electron chi connectivity index (χ3n) is 2.78. The molecule has 4 heteroatoms. The van der Waals surface area contributed by atoms with Crippen molar-refractivity contribution in [2.75, 3.05) is 20.2 Å². The Morgan fingerprint density at radius 2 is 2.11 bits per heavy atom. The highest BCUT2D eigenvalue weighted by Crippen LogP contribution is 2.23. The number of ether oxygens (including phenoxy) is 1. The predicted molar refractivity (Wildman–Crippen MR) is 72.7 cm³/mol. The molecule has 2 N–H and O–H groups in total. The molecule has 0 bridgehead atoms. The van der Waals surface area contributed by atoms with Crippen LogP contribution < -0.4 is 15.4 Å². The number of amides is 1. The minimum Gasteiger partial charge on any atom is -0.496 e. The van der Waals surface area contributed by atoms with Crippen LogP contribution in [0.4, 0.5) is 0 Å². The molecule has 0 aliphatic rings. The number of methoxy groups -OCH3 is 1. The molecule has 1 aromatic carbocycles. The maximum atomic E-state index is 11.3. The Morgan fingerprint density at radius 3 is 2.78 bits per heavy atom. The fourth-order valence-electron chi connectivity index (χ4n) is 1.82. The highest BCUT2D eigenvalue weighted by atomic mass is 16.5. The van der Waals surface area contributed by atoms with Crippen molar-refractivity contribution < 1.29 is 9.53 Å². The highest BCUT2D eigenvalue weighted by Gasteiger charge is 2.10. The Labute approximate surface area is 109 Å². The zero-order chi connectivity index (χ0) is 13.4. The lowest BCUT2D eigenvalue weighted by Crippen LogP contribution is -2.28. The number of hydrogen-bond acceptors (Lipinski definition) is 3. The number of benzene rings is 1. The maximum Gasteiger partial charge on any atom is 0.221 e. The van der Waals surface area contributed by atoms with Crippen molar-refractivity contribution in [2.45, 2.75) is 26.3 Å². The standard InChI is InChI=1S/C14H22N2O2/c1-4-15-14(17)9-10-16-11(2)12-7-5-6-8-13(12)18-3/h5-8,11,16H,4,9-10H2,1-3H3,(H,15,17)/t11-/m0/s1. The molecule has 4 nitrogen and oxygen atoms in total. The van der Waals surface area contributed by atoms with E-state index < -0.39 is 0 Å². The van der Waals surface area contributed by atoms with E-state index in [1.165, 1.54) is 0 Å². The minimum atomic E-state index is 0.0808. The first-order valence-corrected chi connectivity index (χ1v) is 6.32. The molecule has 0 aliphatic heterocycles. The summed E-state index contributed by atoms with van der Waals surface area (Å²) in [5.74, 6) is 0.952. The van der Waals surface area contributed by atoms with E-state index >= 15 is 0 Å². The van der Waals surface area contributed by atoms with Crippen LogP contribution in [0.5, 0.6) is 5.75 Å². The quantitative estimate of drug-likeness (QED) is 0.776. The smallest absolute Gasteiger partial charge is 0.221 e. The van der Waals surface area contributed by atoms with Gasteiger partial charge in [-0.25, -0.2) is 0 Å². The van der Waals surface area contributed by atoms with Gasteiger partial charge in [-0.05, 0) is 19.9 Å². The zero-order valence-corrected chi connectivity index (χ0v) is 11.3. The molecule has 0 heterocycles. The van der Waals surface area contributed by atoms with Gasteiger partial charge in [0.1, 0.15) is 5.75 Å². The van der Waals surface area contributed by atoms with Crippen LogP contribution in [0.25, 0.3) is 0 Å². The Hall–Kier alpha value is -1.55. The normalized spacial score (nSPS) is 11.9. The van der Waals surface area contributed by atoms with Crippen LogP contribution in [0, 0.1) is 0 Å². The van der Waals surface area contributed by atoms with E-state index in [1.807, 2.05) is 31.2 Å². The second-order valence-electron chi connectivity index (χ2n) is 4.12. The molecular weight excluding hydrogens is 228 g/mol. The summed E-state index contributed by atoms with van der Waals surface area (Å²) in [5, 5.41) is 6.10. The van der Waals surface area contributed by atoms with Gasteiger partial charge in [-0.2, -0.15) is 0 Å². The van der Waals surface area contributed by atoms with Crippen molar-refractivity contribution in [3.05, 3.63) is 29.8 Å². The van der Waals surface area contributed by atoms with Crippen LogP contribution in [-0.4, -0.2) is 26.1 Å². The lowest BCUT2D eigenvalue weighted by molar-refractivity contribution is -0.120. The van der Waals surface area contributed by atoms with Crippen LogP contribution >= 0.6 is 0 Å². The molecule has 100 valence electrons. The fraction of sp³-hybridized carbons (Fsp3) is 0.500. The third kappa shape index (κ3) is 4.37. The highest BCUT2D eigenvalue weighted by molar-refractivity contribution is 5.75. The number of nitrogens with one attached hydrogen (secondary N) is 2. The predicted octanol–water partition coefficient (Wildman–Crippen LogP) is 1.87. The van der Waals surface area contributed by atoms with E-state index in [-0.39, 0.29) is 11.9 Å². The van der Waals surface area contributed by atoms with Gasteiger partial charge in [0.15, 0.2) is 0 Å². The van der Waals surface area contributed by atoms with E-state index in [9.17, 15) is 4.79 Å². The summed E-state index contributed by atoms with van der Waals surface area (Å²) in [7, 11) is 1.67. The molecule has 0 unspecified atom stereocenters. The maximum absolute atomic E-state index is 11.3. The molecule has 1 atom stereocenters. The molecule has 0 saturated carbocycles. The first kappa shape index (κ1) is 14.5. The van der Waals surface area contributed by atoms with Gasteiger partial charge >= 0.3 is 0 Å². The van der Waals surface area contributed by atoms with Crippen molar-refractivity contribution in [3.63, 3.8) is 0 Å². The minimum absolute atomic E-state index is 0.0808. The van der Waals surface area contributed by atoms with Crippen LogP contribution in [0.2, 0.25) is 0 Å². The number of carbonyl (C=O) groups excluding carboxylic acids is 1. The summed E-state index contributed by atoms with van der Waals surface area (Å²) in [6, 6.07) is 8.07. The number of hydrogen-bond donors (Lipinski definition) is 2. The Morgan fingerprint density at radius 1 is 1.39 bits per heavy atom. The van der Waals surface area contributed by atoms with Crippen molar-refractivity contribution in [2.24, 2.45) is 0 Å². The molecule has 1 rings (SSSR count). The molecular formula is C14H22N2O2. The first-order valence-electron chi connectivity index (χ1n) is 6.32. The summed E-state index contributed by atoms with van der Waals surface area (Å²) in [4.78, 5) is 11.3. The topological polar surface area (TPSA) is 50.4 Å². The van der Waals surface area contributed by atoms with Gasteiger partial charge in [-0.1, -0.05) is 18.2 Å². The third-order valence-corrected chi connectivity index (χ3v) is 2.78. The van der Waals surface area contributed by atoms with Crippen molar-refractivity contribution >= 4 is 5.91 Å². The number of rotatable bonds is 7. The van der Waals surface area contributed by atoms with E-state index in [0.29, 0.717) is 19.5 Å². The lowest BCUT2D eigenvalue weighted by atomic mass is 10.1. The molecule has 0 radical (unpaired) electrons. The van der Waals surface area contributed by atoms with Gasteiger partial charge in [-0.15, -0.1) is 0 Å². The summed E-state index contributed by atoms with van der Waals surface area (Å²) >= 11 is 0. The van der Waals surface area contributed by atoms with E-state index in [0.717, 1.165) is 11.3 Å². The monoisotopic (exact) mass is 250 g/mol. The van der Waals surface area contributed by atoms with Gasteiger partial charge < -0.3 is 15.4 Å². The molecule has 18 heavy (non-hydrogen) atoms. The molecule has 1 aromatic rings. The molecule has 0 saturated heterocycles. The Kier molecular flexibility index (Phi) is 6.22. The van der Waals surface area contributed by atoms with Gasteiger partial charge in [0.2, 0.25) is 5.91 Å². The van der Waals surface area contributed by atoms with Crippen molar-refractivity contribution in [1.82, 2.24) is 10.6 Å². The molecule has 0 aliphatic carbocycles. The Bertz CT molecular complexity index is 380. The van der Waals surface area contributed by atoms with Crippen LogP contribution in [0.3, 0.4) is 0 Å². The average Bonchev–Trinajstić information content (AvgIpc) is 2.38. The van der Waals surface area contributed by atoms with Crippen LogP contribution in [0.15, 0.2) is 24.3 Å². The summed E-state index contributed by atoms with van der Waals surface area (Å²) in [5.41, 5.74) is 1.11. The van der Waals surface area contributed by atoms with Crippen LogP contribution in [0.1, 0.15) is 31.9 Å². The molecule has 0 spiro atoms. The zero-order valence-electron chi connectivity index (χ0n) is 11.3. The SMILES string of the molecule is CCNC(=O)CCN[C@@H](C)c1ccccc1OC. The van der Waals surface area contributed by atoms with Gasteiger partial charge in [0, 0.05) is 31.1 Å². The molecule has 1 amide bonds. The number of carbonyl (C=O) groups is 1. The van der Waals surface area contributed by atoms with Gasteiger partial charge in [0.05, 0.1) is 7.11 Å². The van der Waals surface area contributed by atoms with E-state index in [2.05, 4.69) is 17.6 Å². The average molecular weight is 250 g/mol. The van der Waals surface area contributed by atoms with Crippen molar-refractivity contribution in [3.8, 4) is 5.75 Å². The Balaban J connectivity index is 2.45. The fourth-order valence-corrected chi connectivity index (χ4v) is 1.82. The lowest BCUT2D eigenvalue weighted by Gasteiger charge is -2.17. The van der Waals surface area contributed by atoms with Gasteiger partial charge in [0.25, 0.3) is 0 Å². The number of para-hydroxylation sites is 1. The second-order valence-corrected chi connectivity index (χ2v) is 4.12. The largest absolute Gasteiger partial charge is 0.496 e. The second kappa shape index (κ2) is 7.71. The first-order chi connectivity index (χ1) is 8.69. The van der Waals surface area contributed by atoms with Gasteiger partial charge in [-0.3, -0.25) is 4.79 Å². The van der Waals surface area contributed by atoms with E-state index in [4.69, 9.17) is 4.74 Å². The van der Waals surface area contributed by atoms with E-state index in [1.54, 1.807) is 7.11 Å². The molecule has 0 fully saturated rings. The summed E-state index contributed by atoms with van der Waals surface area (Å²) in [6.07, 6.45) is 0.493.